The molecule has 2 saturated heterocycles. The van der Waals surface area contributed by atoms with E-state index in [1.807, 2.05) is 11.8 Å². The second-order valence-electron chi connectivity index (χ2n) is 8.14. The predicted molar refractivity (Wildman–Crippen MR) is 98.2 cm³/mol. The van der Waals surface area contributed by atoms with Gasteiger partial charge in [-0.1, -0.05) is 6.92 Å². The molecule has 1 aliphatic carbocycles. The zero-order chi connectivity index (χ0) is 17.8. The van der Waals surface area contributed by atoms with Gasteiger partial charge in [0.2, 0.25) is 11.8 Å². The van der Waals surface area contributed by atoms with Crippen molar-refractivity contribution < 1.29 is 9.59 Å². The Morgan fingerprint density at radius 2 is 1.68 bits per heavy atom. The lowest BCUT2D eigenvalue weighted by atomic mass is 9.84. The zero-order valence-corrected chi connectivity index (χ0v) is 15.8. The minimum Gasteiger partial charge on any atom is -0.352 e. The van der Waals surface area contributed by atoms with Crippen molar-refractivity contribution in [2.24, 2.45) is 11.8 Å². The van der Waals surface area contributed by atoms with Crippen molar-refractivity contribution in [3.05, 3.63) is 0 Å². The number of hydrogen-bond donors (Lipinski definition) is 2. The summed E-state index contributed by atoms with van der Waals surface area (Å²) in [6, 6.07) is 0.320. The lowest BCUT2D eigenvalue weighted by Gasteiger charge is -2.38. The average molecular weight is 351 g/mol. The number of rotatable bonds is 6. The Kier molecular flexibility index (Phi) is 6.34. The monoisotopic (exact) mass is 350 g/mol. The fraction of sp³-hybridized carbons (Fsp3) is 0.895. The van der Waals surface area contributed by atoms with Gasteiger partial charge in [-0.15, -0.1) is 0 Å². The van der Waals surface area contributed by atoms with E-state index in [2.05, 4.69) is 22.5 Å². The lowest BCUT2D eigenvalue weighted by molar-refractivity contribution is -0.135. The van der Waals surface area contributed by atoms with Crippen molar-refractivity contribution in [2.45, 2.75) is 58.0 Å². The first-order valence-electron chi connectivity index (χ1n) is 10.1. The Hall–Kier alpha value is -1.14. The van der Waals surface area contributed by atoms with Gasteiger partial charge in [-0.2, -0.15) is 0 Å². The highest BCUT2D eigenvalue weighted by molar-refractivity contribution is 5.82. The predicted octanol–water partition coefficient (Wildman–Crippen LogP) is 0.824. The fourth-order valence-corrected chi connectivity index (χ4v) is 4.06. The Balaban J connectivity index is 1.40. The Morgan fingerprint density at radius 1 is 1.04 bits per heavy atom. The topological polar surface area (TPSA) is 64.7 Å². The summed E-state index contributed by atoms with van der Waals surface area (Å²) in [5, 5.41) is 6.47. The summed E-state index contributed by atoms with van der Waals surface area (Å²) < 4.78 is 0. The van der Waals surface area contributed by atoms with E-state index in [1.165, 1.54) is 12.8 Å². The van der Waals surface area contributed by atoms with E-state index in [0.717, 1.165) is 52.1 Å². The van der Waals surface area contributed by atoms with Crippen LogP contribution in [0, 0.1) is 11.8 Å². The number of piperidine rings is 1. The van der Waals surface area contributed by atoms with Crippen LogP contribution in [-0.2, 0) is 9.59 Å². The maximum atomic E-state index is 12.6. The molecule has 1 saturated carbocycles. The molecule has 0 spiro atoms. The number of nitrogens with one attached hydrogen (secondary N) is 2. The maximum Gasteiger partial charge on any atom is 0.237 e. The highest BCUT2D eigenvalue weighted by atomic mass is 16.2. The third kappa shape index (κ3) is 5.17. The number of carbonyl (C=O) groups excluding carboxylic acids is 2. The van der Waals surface area contributed by atoms with Gasteiger partial charge in [0.05, 0.1) is 6.04 Å². The van der Waals surface area contributed by atoms with Gasteiger partial charge in [-0.25, -0.2) is 0 Å². The molecular weight excluding hydrogens is 316 g/mol. The molecule has 2 N–H and O–H groups in total. The molecule has 6 nitrogen and oxygen atoms in total. The van der Waals surface area contributed by atoms with E-state index in [4.69, 9.17) is 0 Å². The highest BCUT2D eigenvalue weighted by Crippen LogP contribution is 2.25. The van der Waals surface area contributed by atoms with Gasteiger partial charge in [0, 0.05) is 38.6 Å². The fourth-order valence-electron chi connectivity index (χ4n) is 4.06. The van der Waals surface area contributed by atoms with Crippen LogP contribution in [0.4, 0.5) is 0 Å². The van der Waals surface area contributed by atoms with E-state index >= 15 is 0 Å². The summed E-state index contributed by atoms with van der Waals surface area (Å²) in [6.45, 7) is 9.48. The summed E-state index contributed by atoms with van der Waals surface area (Å²) in [4.78, 5) is 29.0. The molecule has 3 aliphatic rings. The SMILES string of the molecule is CC(CC(=O)N1CCN(C(C)C(=O)NC2CC2)CC1)C1CCNCC1. The Bertz CT molecular complexity index is 466. The normalized spacial score (nSPS) is 25.4. The third-order valence-electron chi connectivity index (χ3n) is 6.20. The van der Waals surface area contributed by atoms with Crippen LogP contribution in [0.2, 0.25) is 0 Å². The van der Waals surface area contributed by atoms with Crippen molar-refractivity contribution in [1.82, 2.24) is 20.4 Å². The minimum atomic E-state index is -0.0912. The smallest absolute Gasteiger partial charge is 0.237 e. The second kappa shape index (κ2) is 8.49. The first-order valence-corrected chi connectivity index (χ1v) is 10.1. The molecule has 2 aliphatic heterocycles. The third-order valence-corrected chi connectivity index (χ3v) is 6.20. The summed E-state index contributed by atoms with van der Waals surface area (Å²) in [7, 11) is 0. The van der Waals surface area contributed by atoms with Crippen molar-refractivity contribution in [1.29, 1.82) is 0 Å². The van der Waals surface area contributed by atoms with E-state index < -0.39 is 0 Å². The van der Waals surface area contributed by atoms with Crippen LogP contribution in [0.5, 0.6) is 0 Å². The average Bonchev–Trinajstić information content (AvgIpc) is 3.45. The molecular formula is C19H34N4O2. The van der Waals surface area contributed by atoms with Gasteiger partial charge in [-0.05, 0) is 57.5 Å². The highest BCUT2D eigenvalue weighted by Gasteiger charge is 2.31. The van der Waals surface area contributed by atoms with Crippen LogP contribution in [0.15, 0.2) is 0 Å². The first kappa shape index (κ1) is 18.6. The van der Waals surface area contributed by atoms with E-state index in [9.17, 15) is 9.59 Å². The largest absolute Gasteiger partial charge is 0.352 e. The maximum absolute atomic E-state index is 12.6. The molecule has 0 aromatic rings. The molecule has 6 heteroatoms. The Morgan fingerprint density at radius 3 is 2.28 bits per heavy atom. The number of nitrogens with zero attached hydrogens (tertiary/aromatic N) is 2. The van der Waals surface area contributed by atoms with Gasteiger partial charge in [0.1, 0.15) is 0 Å². The van der Waals surface area contributed by atoms with Gasteiger partial charge in [0.15, 0.2) is 0 Å². The zero-order valence-electron chi connectivity index (χ0n) is 15.8. The summed E-state index contributed by atoms with van der Waals surface area (Å²) >= 11 is 0. The molecule has 2 unspecified atom stereocenters. The van der Waals surface area contributed by atoms with E-state index in [-0.39, 0.29) is 11.9 Å². The molecule has 2 atom stereocenters. The molecule has 3 fully saturated rings. The molecule has 2 heterocycles. The summed E-state index contributed by atoms with van der Waals surface area (Å²) in [6.07, 6.45) is 5.29. The van der Waals surface area contributed by atoms with Crippen LogP contribution >= 0.6 is 0 Å². The number of carbonyl (C=O) groups is 2. The van der Waals surface area contributed by atoms with Gasteiger partial charge < -0.3 is 15.5 Å². The number of piperazine rings is 1. The van der Waals surface area contributed by atoms with Crippen LogP contribution in [0.1, 0.15) is 46.0 Å². The van der Waals surface area contributed by atoms with Crippen LogP contribution in [0.3, 0.4) is 0 Å². The van der Waals surface area contributed by atoms with Crippen LogP contribution in [0.25, 0.3) is 0 Å². The molecule has 2 amide bonds. The standard InChI is InChI=1S/C19H34N4O2/c1-14(16-5-7-20-8-6-16)13-18(24)23-11-9-22(10-12-23)15(2)19(25)21-17-3-4-17/h14-17,20H,3-13H2,1-2H3,(H,21,25). The molecule has 25 heavy (non-hydrogen) atoms. The summed E-state index contributed by atoms with van der Waals surface area (Å²) in [5.74, 6) is 1.58. The molecule has 0 aromatic carbocycles. The van der Waals surface area contributed by atoms with Crippen LogP contribution < -0.4 is 10.6 Å². The molecule has 0 aromatic heterocycles. The minimum absolute atomic E-state index is 0.0912. The van der Waals surface area contributed by atoms with Gasteiger partial charge in [0.25, 0.3) is 0 Å². The molecule has 3 rings (SSSR count). The molecule has 0 radical (unpaired) electrons. The Labute approximate surface area is 151 Å². The molecule has 0 bridgehead atoms. The van der Waals surface area contributed by atoms with E-state index in [0.29, 0.717) is 30.2 Å². The number of amides is 2. The second-order valence-corrected chi connectivity index (χ2v) is 8.14. The number of hydrogen-bond acceptors (Lipinski definition) is 4. The van der Waals surface area contributed by atoms with Crippen LogP contribution in [-0.4, -0.2) is 73.0 Å². The van der Waals surface area contributed by atoms with Crippen molar-refractivity contribution >= 4 is 11.8 Å². The van der Waals surface area contributed by atoms with Crippen molar-refractivity contribution in [3.8, 4) is 0 Å². The lowest BCUT2D eigenvalue weighted by Crippen LogP contribution is -2.55. The van der Waals surface area contributed by atoms with E-state index in [1.54, 1.807) is 0 Å². The van der Waals surface area contributed by atoms with Crippen molar-refractivity contribution in [3.63, 3.8) is 0 Å². The van der Waals surface area contributed by atoms with Gasteiger partial charge in [-0.3, -0.25) is 14.5 Å². The van der Waals surface area contributed by atoms with Crippen molar-refractivity contribution in [2.75, 3.05) is 39.3 Å². The summed E-state index contributed by atoms with van der Waals surface area (Å²) in [5.41, 5.74) is 0. The van der Waals surface area contributed by atoms with Gasteiger partial charge >= 0.3 is 0 Å². The first-order chi connectivity index (χ1) is 12.0. The molecule has 142 valence electrons. The quantitative estimate of drug-likeness (QED) is 0.745.